The maximum Gasteiger partial charge on any atom is 0.117 e. The van der Waals surface area contributed by atoms with Gasteiger partial charge >= 0.3 is 0 Å². The highest BCUT2D eigenvalue weighted by Gasteiger charge is 2.33. The summed E-state index contributed by atoms with van der Waals surface area (Å²) in [6, 6.07) is 14.9. The highest BCUT2D eigenvalue weighted by molar-refractivity contribution is 5.27. The fourth-order valence-corrected chi connectivity index (χ4v) is 3.10. The van der Waals surface area contributed by atoms with E-state index in [4.69, 9.17) is 4.42 Å². The topological polar surface area (TPSA) is 37.2 Å². The highest BCUT2D eigenvalue weighted by Crippen LogP contribution is 2.32. The zero-order chi connectivity index (χ0) is 13.7. The Morgan fingerprint density at radius 1 is 1.05 bits per heavy atom. The van der Waals surface area contributed by atoms with Gasteiger partial charge in [0.15, 0.2) is 0 Å². The Kier molecular flexibility index (Phi) is 4.19. The summed E-state index contributed by atoms with van der Waals surface area (Å²) in [6.45, 7) is 3.99. The monoisotopic (exact) mass is 270 g/mol. The molecule has 1 aromatic carbocycles. The standard InChI is InChI=1S/C17H22N2O/c1-2-5-15(6-3-1)17(8-10-18-11-9-17)14-19-13-16-7-4-12-20-16/h1-7,12,18-19H,8-11,13-14H2. The molecule has 0 aliphatic carbocycles. The van der Waals surface area contributed by atoms with E-state index < -0.39 is 0 Å². The molecule has 3 rings (SSSR count). The molecule has 3 heteroatoms. The lowest BCUT2D eigenvalue weighted by atomic mass is 9.73. The second-order valence-corrected chi connectivity index (χ2v) is 5.58. The van der Waals surface area contributed by atoms with Crippen molar-refractivity contribution in [3.8, 4) is 0 Å². The van der Waals surface area contributed by atoms with E-state index in [0.717, 1.165) is 31.9 Å². The normalized spacial score (nSPS) is 18.0. The SMILES string of the molecule is c1ccc(C2(CNCc3ccco3)CCNCC2)cc1. The largest absolute Gasteiger partial charge is 0.468 e. The van der Waals surface area contributed by atoms with Crippen molar-refractivity contribution in [2.45, 2.75) is 24.8 Å². The van der Waals surface area contributed by atoms with Gasteiger partial charge in [-0.1, -0.05) is 30.3 Å². The fourth-order valence-electron chi connectivity index (χ4n) is 3.10. The first-order valence-electron chi connectivity index (χ1n) is 7.38. The van der Waals surface area contributed by atoms with Gasteiger partial charge in [-0.05, 0) is 43.6 Å². The lowest BCUT2D eigenvalue weighted by molar-refractivity contribution is 0.289. The van der Waals surface area contributed by atoms with Crippen LogP contribution in [0.15, 0.2) is 53.1 Å². The van der Waals surface area contributed by atoms with Crippen molar-refractivity contribution < 1.29 is 4.42 Å². The van der Waals surface area contributed by atoms with Crippen LogP contribution in [-0.4, -0.2) is 19.6 Å². The molecule has 2 aromatic rings. The lowest BCUT2D eigenvalue weighted by Crippen LogP contribution is -2.46. The van der Waals surface area contributed by atoms with Crippen LogP contribution in [-0.2, 0) is 12.0 Å². The minimum absolute atomic E-state index is 0.249. The zero-order valence-corrected chi connectivity index (χ0v) is 11.8. The summed E-state index contributed by atoms with van der Waals surface area (Å²) in [5.74, 6) is 1.00. The van der Waals surface area contributed by atoms with Crippen molar-refractivity contribution in [1.29, 1.82) is 0 Å². The molecule has 0 amide bonds. The first kappa shape index (κ1) is 13.4. The molecule has 1 aliphatic heterocycles. The highest BCUT2D eigenvalue weighted by atomic mass is 16.3. The third-order valence-electron chi connectivity index (χ3n) is 4.29. The number of hydrogen-bond acceptors (Lipinski definition) is 3. The van der Waals surface area contributed by atoms with E-state index in [0.29, 0.717) is 0 Å². The van der Waals surface area contributed by atoms with Gasteiger partial charge in [-0.3, -0.25) is 0 Å². The molecule has 1 fully saturated rings. The van der Waals surface area contributed by atoms with Gasteiger partial charge in [0.05, 0.1) is 12.8 Å². The molecule has 20 heavy (non-hydrogen) atoms. The van der Waals surface area contributed by atoms with E-state index >= 15 is 0 Å². The maximum atomic E-state index is 5.39. The Hall–Kier alpha value is -1.58. The molecule has 3 nitrogen and oxygen atoms in total. The Labute approximate surface area is 120 Å². The molecular weight excluding hydrogens is 248 g/mol. The van der Waals surface area contributed by atoms with E-state index in [-0.39, 0.29) is 5.41 Å². The van der Waals surface area contributed by atoms with Crippen LogP contribution in [0.3, 0.4) is 0 Å². The third-order valence-corrected chi connectivity index (χ3v) is 4.29. The van der Waals surface area contributed by atoms with Gasteiger partial charge in [0.25, 0.3) is 0 Å². The van der Waals surface area contributed by atoms with Crippen molar-refractivity contribution >= 4 is 0 Å². The molecule has 0 atom stereocenters. The summed E-state index contributed by atoms with van der Waals surface area (Å²) in [4.78, 5) is 0. The van der Waals surface area contributed by atoms with Crippen molar-refractivity contribution in [3.63, 3.8) is 0 Å². The molecule has 1 aliphatic rings. The molecule has 1 aromatic heterocycles. The summed E-state index contributed by atoms with van der Waals surface area (Å²) in [5, 5.41) is 7.04. The van der Waals surface area contributed by atoms with Crippen LogP contribution in [0, 0.1) is 0 Å². The number of furan rings is 1. The smallest absolute Gasteiger partial charge is 0.117 e. The first-order valence-corrected chi connectivity index (χ1v) is 7.38. The molecular formula is C17H22N2O. The molecule has 2 heterocycles. The second kappa shape index (κ2) is 6.25. The van der Waals surface area contributed by atoms with Gasteiger partial charge < -0.3 is 15.1 Å². The van der Waals surface area contributed by atoms with E-state index in [9.17, 15) is 0 Å². The van der Waals surface area contributed by atoms with Crippen LogP contribution >= 0.6 is 0 Å². The summed E-state index contributed by atoms with van der Waals surface area (Å²) in [7, 11) is 0. The van der Waals surface area contributed by atoms with Gasteiger partial charge in [0.2, 0.25) is 0 Å². The van der Waals surface area contributed by atoms with Gasteiger partial charge in [-0.25, -0.2) is 0 Å². The van der Waals surface area contributed by atoms with Crippen molar-refractivity contribution in [3.05, 3.63) is 60.1 Å². The average molecular weight is 270 g/mol. The predicted octanol–water partition coefficient (Wildman–Crippen LogP) is 2.69. The van der Waals surface area contributed by atoms with E-state index in [1.165, 1.54) is 18.4 Å². The maximum absolute atomic E-state index is 5.39. The quantitative estimate of drug-likeness (QED) is 0.877. The van der Waals surface area contributed by atoms with Crippen molar-refractivity contribution in [2.24, 2.45) is 0 Å². The molecule has 106 valence electrons. The van der Waals surface area contributed by atoms with Crippen LogP contribution in [0.4, 0.5) is 0 Å². The van der Waals surface area contributed by atoms with E-state index in [2.05, 4.69) is 41.0 Å². The fraction of sp³-hybridized carbons (Fsp3) is 0.412. The number of piperidine rings is 1. The average Bonchev–Trinajstić information content (AvgIpc) is 3.02. The molecule has 0 radical (unpaired) electrons. The van der Waals surface area contributed by atoms with Crippen LogP contribution < -0.4 is 10.6 Å². The van der Waals surface area contributed by atoms with Crippen molar-refractivity contribution in [1.82, 2.24) is 10.6 Å². The minimum Gasteiger partial charge on any atom is -0.468 e. The van der Waals surface area contributed by atoms with Crippen LogP contribution in [0.2, 0.25) is 0 Å². The number of rotatable bonds is 5. The molecule has 0 unspecified atom stereocenters. The van der Waals surface area contributed by atoms with Gasteiger partial charge in [-0.2, -0.15) is 0 Å². The molecule has 1 saturated heterocycles. The summed E-state index contributed by atoms with van der Waals surface area (Å²) in [5.41, 5.74) is 1.70. The molecule has 2 N–H and O–H groups in total. The summed E-state index contributed by atoms with van der Waals surface area (Å²) in [6.07, 6.45) is 4.10. The second-order valence-electron chi connectivity index (χ2n) is 5.58. The summed E-state index contributed by atoms with van der Waals surface area (Å²) >= 11 is 0. The Morgan fingerprint density at radius 2 is 1.85 bits per heavy atom. The zero-order valence-electron chi connectivity index (χ0n) is 11.8. The number of benzene rings is 1. The van der Waals surface area contributed by atoms with Gasteiger partial charge in [0, 0.05) is 12.0 Å². The molecule has 0 spiro atoms. The molecule has 0 bridgehead atoms. The van der Waals surface area contributed by atoms with Gasteiger partial charge in [-0.15, -0.1) is 0 Å². The van der Waals surface area contributed by atoms with Crippen molar-refractivity contribution in [2.75, 3.05) is 19.6 Å². The van der Waals surface area contributed by atoms with Crippen LogP contribution in [0.25, 0.3) is 0 Å². The minimum atomic E-state index is 0.249. The number of nitrogens with one attached hydrogen (secondary N) is 2. The van der Waals surface area contributed by atoms with E-state index in [1.807, 2.05) is 12.1 Å². The predicted molar refractivity (Wildman–Crippen MR) is 80.6 cm³/mol. The lowest BCUT2D eigenvalue weighted by Gasteiger charge is -2.38. The Morgan fingerprint density at radius 3 is 2.55 bits per heavy atom. The Balaban J connectivity index is 1.69. The third kappa shape index (κ3) is 2.94. The van der Waals surface area contributed by atoms with Gasteiger partial charge in [0.1, 0.15) is 5.76 Å². The van der Waals surface area contributed by atoms with Crippen LogP contribution in [0.5, 0.6) is 0 Å². The first-order chi connectivity index (χ1) is 9.89. The Bertz CT molecular complexity index is 501. The van der Waals surface area contributed by atoms with E-state index in [1.54, 1.807) is 6.26 Å². The molecule has 0 saturated carbocycles. The summed E-state index contributed by atoms with van der Waals surface area (Å²) < 4.78 is 5.39. The van der Waals surface area contributed by atoms with Crippen LogP contribution in [0.1, 0.15) is 24.2 Å². The number of hydrogen-bond donors (Lipinski definition) is 2.